The van der Waals surface area contributed by atoms with Crippen LogP contribution in [0.15, 0.2) is 72.8 Å². The Kier molecular flexibility index (Phi) is 12.0. The molecule has 2 saturated heterocycles. The van der Waals surface area contributed by atoms with Crippen LogP contribution in [0.4, 0.5) is 18.0 Å². The molecule has 3 aromatic rings. The number of hydrogen-bond acceptors (Lipinski definition) is 6. The normalized spacial score (nSPS) is 20.4. The number of benzene rings is 3. The molecule has 1 unspecified atom stereocenters. The largest absolute Gasteiger partial charge is 0.334 e. The molecule has 3 N–H and O–H groups in total. The molecule has 0 saturated carbocycles. The second kappa shape index (κ2) is 16.4. The summed E-state index contributed by atoms with van der Waals surface area (Å²) in [5, 5.41) is 2.79. The molecule has 0 aromatic heterocycles. The maximum Gasteiger partial charge on any atom is 0.318 e. The van der Waals surface area contributed by atoms with E-state index in [4.69, 9.17) is 0 Å². The Balaban J connectivity index is 1.14. The van der Waals surface area contributed by atoms with Crippen LogP contribution in [0.2, 0.25) is 0 Å². The van der Waals surface area contributed by atoms with Gasteiger partial charge in [0.15, 0.2) is 0 Å². The number of nitrogens with zero attached hydrogens (tertiary/aromatic N) is 3. The van der Waals surface area contributed by atoms with Gasteiger partial charge in [-0.05, 0) is 42.7 Å². The third kappa shape index (κ3) is 9.09. The molecule has 2 aliphatic rings. The highest BCUT2D eigenvalue weighted by Crippen LogP contribution is 2.30. The molecular formula is C35H41F3N6O3S. The molecule has 5 rings (SSSR count). The number of amides is 4. The van der Waals surface area contributed by atoms with Crippen molar-refractivity contribution in [3.63, 3.8) is 0 Å². The molecule has 3 aromatic carbocycles. The number of thioether (sulfide) groups is 1. The predicted molar refractivity (Wildman–Crippen MR) is 180 cm³/mol. The molecule has 0 spiro atoms. The van der Waals surface area contributed by atoms with E-state index in [1.54, 1.807) is 22.1 Å². The van der Waals surface area contributed by atoms with E-state index in [9.17, 15) is 27.6 Å². The molecule has 0 radical (unpaired) electrons. The topological polar surface area (TPSA) is 97.0 Å². The van der Waals surface area contributed by atoms with Crippen LogP contribution in [0.25, 0.3) is 0 Å². The Bertz CT molecular complexity index is 1550. The highest BCUT2D eigenvalue weighted by atomic mass is 32.2. The van der Waals surface area contributed by atoms with Gasteiger partial charge in [0.05, 0.1) is 6.04 Å². The van der Waals surface area contributed by atoms with Crippen LogP contribution in [0.5, 0.6) is 0 Å². The summed E-state index contributed by atoms with van der Waals surface area (Å²) in [6, 6.07) is 22.9. The van der Waals surface area contributed by atoms with Gasteiger partial charge in [0.25, 0.3) is 5.91 Å². The standard InChI is InChI=1S/C35H41F3N6O3S/c1-23-18-42(20-25-6-4-3-5-7-25)19-24(2)44(23)21-26-8-10-27(11-9-26)31-22-48-15-14-43(31)35(47)39-17-29-13-12-28(16-30(29)36)33(45)40-41-34(46)32(37)38/h3-13,16,23-24,31-32H,14-15,17-22H2,1-2H3,(H,39,47)(H,40,45)(H,41,46)/t23-,24+,31?. The third-order valence-electron chi connectivity index (χ3n) is 8.79. The third-order valence-corrected chi connectivity index (χ3v) is 9.81. The fourth-order valence-corrected chi connectivity index (χ4v) is 7.36. The van der Waals surface area contributed by atoms with Gasteiger partial charge in [0, 0.05) is 74.0 Å². The lowest BCUT2D eigenvalue weighted by Crippen LogP contribution is -2.55. The summed E-state index contributed by atoms with van der Waals surface area (Å²) in [4.78, 5) is 43.2. The molecule has 0 aliphatic carbocycles. The summed E-state index contributed by atoms with van der Waals surface area (Å²) >= 11 is 1.78. The minimum atomic E-state index is -3.30. The maximum absolute atomic E-state index is 14.8. The quantitative estimate of drug-likeness (QED) is 0.277. The van der Waals surface area contributed by atoms with Crippen molar-refractivity contribution >= 4 is 29.6 Å². The number of hydrogen-bond donors (Lipinski definition) is 3. The minimum Gasteiger partial charge on any atom is -0.334 e. The lowest BCUT2D eigenvalue weighted by atomic mass is 10.0. The zero-order valence-corrected chi connectivity index (χ0v) is 27.8. The van der Waals surface area contributed by atoms with Crippen LogP contribution >= 0.6 is 11.8 Å². The number of alkyl halides is 2. The Labute approximate surface area is 283 Å². The average Bonchev–Trinajstić information content (AvgIpc) is 3.08. The number of nitrogens with one attached hydrogen (secondary N) is 3. The molecular weight excluding hydrogens is 641 g/mol. The highest BCUT2D eigenvalue weighted by molar-refractivity contribution is 7.99. The molecule has 3 atom stereocenters. The van der Waals surface area contributed by atoms with Crippen LogP contribution in [-0.4, -0.2) is 82.2 Å². The molecule has 2 fully saturated rings. The average molecular weight is 683 g/mol. The second-order valence-electron chi connectivity index (χ2n) is 12.3. The molecule has 9 nitrogen and oxygen atoms in total. The van der Waals surface area contributed by atoms with Gasteiger partial charge in [0.1, 0.15) is 5.82 Å². The van der Waals surface area contributed by atoms with Gasteiger partial charge >= 0.3 is 18.4 Å². The molecule has 48 heavy (non-hydrogen) atoms. The Morgan fingerprint density at radius 3 is 2.25 bits per heavy atom. The van der Waals surface area contributed by atoms with E-state index in [1.807, 2.05) is 11.5 Å². The minimum absolute atomic E-state index is 0.112. The smallest absolute Gasteiger partial charge is 0.318 e. The number of carbonyl (C=O) groups excluding carboxylic acids is 3. The SMILES string of the molecule is C[C@@H]1CN(Cc2ccccc2)C[C@H](C)N1Cc1ccc(C2CSCCN2C(=O)NCc2ccc(C(=O)NNC(=O)C(F)F)cc2F)cc1. The number of urea groups is 1. The predicted octanol–water partition coefficient (Wildman–Crippen LogP) is 4.95. The van der Waals surface area contributed by atoms with Gasteiger partial charge in [-0.15, -0.1) is 0 Å². The second-order valence-corrected chi connectivity index (χ2v) is 13.4. The summed E-state index contributed by atoms with van der Waals surface area (Å²) in [6.45, 7) is 8.82. The monoisotopic (exact) mass is 682 g/mol. The van der Waals surface area contributed by atoms with Crippen LogP contribution in [0.3, 0.4) is 0 Å². The molecule has 4 amide bonds. The van der Waals surface area contributed by atoms with Crippen molar-refractivity contribution in [1.82, 2.24) is 30.9 Å². The molecule has 13 heteroatoms. The maximum atomic E-state index is 14.8. The zero-order valence-electron chi connectivity index (χ0n) is 27.0. The Morgan fingerprint density at radius 2 is 1.58 bits per heavy atom. The molecule has 2 aliphatic heterocycles. The van der Waals surface area contributed by atoms with Crippen molar-refractivity contribution in [1.29, 1.82) is 0 Å². The van der Waals surface area contributed by atoms with Gasteiger partial charge in [0.2, 0.25) is 0 Å². The van der Waals surface area contributed by atoms with Crippen molar-refractivity contribution in [2.45, 2.75) is 58.0 Å². The first kappa shape index (κ1) is 35.2. The fourth-order valence-electron chi connectivity index (χ4n) is 6.28. The number of halogens is 3. The number of rotatable bonds is 9. The first-order valence-electron chi connectivity index (χ1n) is 16.0. The molecule has 256 valence electrons. The summed E-state index contributed by atoms with van der Waals surface area (Å²) in [7, 11) is 0. The first-order chi connectivity index (χ1) is 23.1. The van der Waals surface area contributed by atoms with E-state index in [0.29, 0.717) is 18.6 Å². The van der Waals surface area contributed by atoms with E-state index in [-0.39, 0.29) is 29.7 Å². The van der Waals surface area contributed by atoms with E-state index < -0.39 is 24.1 Å². The highest BCUT2D eigenvalue weighted by Gasteiger charge is 2.31. The lowest BCUT2D eigenvalue weighted by Gasteiger charge is -2.44. The van der Waals surface area contributed by atoms with Crippen molar-refractivity contribution in [2.24, 2.45) is 0 Å². The van der Waals surface area contributed by atoms with Gasteiger partial charge in [-0.25, -0.2) is 9.18 Å². The van der Waals surface area contributed by atoms with Crippen molar-refractivity contribution in [3.05, 3.63) is 106 Å². The van der Waals surface area contributed by atoms with Gasteiger partial charge in [-0.2, -0.15) is 20.5 Å². The molecule has 2 heterocycles. The van der Waals surface area contributed by atoms with Crippen LogP contribution in [0, 0.1) is 5.82 Å². The summed E-state index contributed by atoms with van der Waals surface area (Å²) < 4.78 is 39.4. The van der Waals surface area contributed by atoms with Crippen LogP contribution < -0.4 is 16.2 Å². The van der Waals surface area contributed by atoms with E-state index in [0.717, 1.165) is 49.3 Å². The fraction of sp³-hybridized carbons (Fsp3) is 0.400. The summed E-state index contributed by atoms with van der Waals surface area (Å²) in [6.07, 6.45) is -3.30. The van der Waals surface area contributed by atoms with Crippen molar-refractivity contribution in [3.8, 4) is 0 Å². The van der Waals surface area contributed by atoms with Crippen molar-refractivity contribution < 1.29 is 27.6 Å². The molecule has 0 bridgehead atoms. The summed E-state index contributed by atoms with van der Waals surface area (Å²) in [5.41, 5.74) is 6.93. The number of carbonyl (C=O) groups is 3. The first-order valence-corrected chi connectivity index (χ1v) is 17.1. The van der Waals surface area contributed by atoms with E-state index >= 15 is 0 Å². The zero-order chi connectivity index (χ0) is 34.2. The van der Waals surface area contributed by atoms with Crippen LogP contribution in [0.1, 0.15) is 52.5 Å². The van der Waals surface area contributed by atoms with Gasteiger partial charge in [-0.3, -0.25) is 30.2 Å². The number of piperazine rings is 1. The van der Waals surface area contributed by atoms with Gasteiger partial charge < -0.3 is 10.2 Å². The Hall–Kier alpha value is -4.07. The number of hydrazine groups is 1. The van der Waals surface area contributed by atoms with E-state index in [1.165, 1.54) is 23.3 Å². The van der Waals surface area contributed by atoms with Crippen LogP contribution in [-0.2, 0) is 24.4 Å². The van der Waals surface area contributed by atoms with E-state index in [2.05, 4.69) is 77.5 Å². The Morgan fingerprint density at radius 1 is 0.896 bits per heavy atom. The lowest BCUT2D eigenvalue weighted by molar-refractivity contribution is -0.132. The van der Waals surface area contributed by atoms with Crippen molar-refractivity contribution in [2.75, 3.05) is 31.1 Å². The van der Waals surface area contributed by atoms with Gasteiger partial charge in [-0.1, -0.05) is 60.7 Å². The summed E-state index contributed by atoms with van der Waals surface area (Å²) in [5.74, 6) is -1.87.